The highest BCUT2D eigenvalue weighted by Gasteiger charge is 2.03. The summed E-state index contributed by atoms with van der Waals surface area (Å²) < 4.78 is 9.75. The molecule has 0 heterocycles. The summed E-state index contributed by atoms with van der Waals surface area (Å²) in [5.41, 5.74) is 0. The lowest BCUT2D eigenvalue weighted by Crippen LogP contribution is -2.37. The maximum Gasteiger partial charge on any atom is 0.336 e. The molecule has 0 aromatic heterocycles. The van der Waals surface area contributed by atoms with Gasteiger partial charge < -0.3 is 20.1 Å². The van der Waals surface area contributed by atoms with Crippen LogP contribution < -0.4 is 15.4 Å². The third-order valence-corrected chi connectivity index (χ3v) is 2.29. The molecule has 0 aliphatic heterocycles. The Balaban J connectivity index is 2.21. The predicted octanol–water partition coefficient (Wildman–Crippen LogP) is 1.01. The Morgan fingerprint density at radius 3 is 2.41 bits per heavy atom. The smallest absolute Gasteiger partial charge is 0.336 e. The van der Waals surface area contributed by atoms with E-state index in [9.17, 15) is 14.4 Å². The van der Waals surface area contributed by atoms with Gasteiger partial charge in [-0.3, -0.25) is 0 Å². The number of hydrogen-bond donors (Lipinski definition) is 2. The van der Waals surface area contributed by atoms with E-state index < -0.39 is 11.9 Å². The minimum Gasteiger partial charge on any atom is -0.461 e. The third-order valence-electron chi connectivity index (χ3n) is 2.29. The summed E-state index contributed by atoms with van der Waals surface area (Å²) >= 11 is 0. The van der Waals surface area contributed by atoms with Crippen molar-refractivity contribution in [2.24, 2.45) is 0 Å². The molecule has 118 valence electrons. The van der Waals surface area contributed by atoms with Crippen LogP contribution in [0.3, 0.4) is 0 Å². The first-order valence-corrected chi connectivity index (χ1v) is 6.75. The fourth-order valence-corrected chi connectivity index (χ4v) is 1.36. The Hall–Kier alpha value is -2.83. The normalized spacial score (nSPS) is 10.0. The van der Waals surface area contributed by atoms with E-state index in [1.807, 2.05) is 0 Å². The summed E-state index contributed by atoms with van der Waals surface area (Å²) in [7, 11) is 0. The topological polar surface area (TPSA) is 93.7 Å². The minimum atomic E-state index is -0.692. The average Bonchev–Trinajstić information content (AvgIpc) is 2.51. The van der Waals surface area contributed by atoms with E-state index in [4.69, 9.17) is 9.47 Å². The number of benzene rings is 1. The van der Waals surface area contributed by atoms with E-state index in [1.165, 1.54) is 0 Å². The maximum absolute atomic E-state index is 11.4. The van der Waals surface area contributed by atoms with Crippen LogP contribution in [0.5, 0.6) is 5.75 Å². The highest BCUT2D eigenvalue weighted by Crippen LogP contribution is 2.08. The average molecular weight is 306 g/mol. The van der Waals surface area contributed by atoms with Crippen LogP contribution in [0.15, 0.2) is 42.5 Å². The molecule has 0 aliphatic rings. The van der Waals surface area contributed by atoms with E-state index in [0.717, 1.165) is 12.2 Å². The highest BCUT2D eigenvalue weighted by molar-refractivity contribution is 5.92. The summed E-state index contributed by atoms with van der Waals surface area (Å²) in [5, 5.41) is 5.02. The molecular formula is C15H18N2O5. The van der Waals surface area contributed by atoms with Gasteiger partial charge in [0.25, 0.3) is 0 Å². The molecule has 7 nitrogen and oxygen atoms in total. The number of ether oxygens (including phenoxy) is 2. The molecule has 22 heavy (non-hydrogen) atoms. The second kappa shape index (κ2) is 9.98. The van der Waals surface area contributed by atoms with Crippen LogP contribution in [0.1, 0.15) is 6.92 Å². The summed E-state index contributed by atoms with van der Waals surface area (Å²) in [6, 6.07) is 8.15. The zero-order valence-corrected chi connectivity index (χ0v) is 12.2. The van der Waals surface area contributed by atoms with Gasteiger partial charge >= 0.3 is 18.0 Å². The number of hydrogen-bond acceptors (Lipinski definition) is 5. The van der Waals surface area contributed by atoms with Gasteiger partial charge in [0.2, 0.25) is 0 Å². The monoisotopic (exact) mass is 306 g/mol. The molecule has 0 radical (unpaired) electrons. The summed E-state index contributed by atoms with van der Waals surface area (Å²) in [5.74, 6) is -0.983. The Labute approximate surface area is 128 Å². The molecule has 0 saturated heterocycles. The van der Waals surface area contributed by atoms with Gasteiger partial charge in [0.05, 0.1) is 6.54 Å². The number of carbonyl (C=O) groups is 3. The Kier molecular flexibility index (Phi) is 7.81. The van der Waals surface area contributed by atoms with Crippen molar-refractivity contribution >= 4 is 18.0 Å². The van der Waals surface area contributed by atoms with E-state index >= 15 is 0 Å². The van der Waals surface area contributed by atoms with Gasteiger partial charge in [0.15, 0.2) is 0 Å². The van der Waals surface area contributed by atoms with E-state index in [1.54, 1.807) is 37.3 Å². The van der Waals surface area contributed by atoms with Gasteiger partial charge in [-0.15, -0.1) is 0 Å². The molecule has 1 rings (SSSR count). The Morgan fingerprint density at radius 2 is 1.73 bits per heavy atom. The van der Waals surface area contributed by atoms with Crippen molar-refractivity contribution in [2.45, 2.75) is 6.92 Å². The molecule has 0 aliphatic carbocycles. The molecule has 1 aromatic carbocycles. The molecule has 0 unspecified atom stereocenters. The molecule has 0 bridgehead atoms. The van der Waals surface area contributed by atoms with Crippen LogP contribution in [0, 0.1) is 0 Å². The fourth-order valence-electron chi connectivity index (χ4n) is 1.36. The molecule has 0 fully saturated rings. The highest BCUT2D eigenvalue weighted by atomic mass is 16.5. The van der Waals surface area contributed by atoms with E-state index in [0.29, 0.717) is 12.3 Å². The number of esters is 2. The van der Waals surface area contributed by atoms with Crippen molar-refractivity contribution in [3.63, 3.8) is 0 Å². The molecule has 2 N–H and O–H groups in total. The molecule has 0 atom stereocenters. The van der Waals surface area contributed by atoms with E-state index in [-0.39, 0.29) is 19.2 Å². The van der Waals surface area contributed by atoms with Gasteiger partial charge in [-0.05, 0) is 19.1 Å². The number of amides is 2. The van der Waals surface area contributed by atoms with Crippen LogP contribution in [0.25, 0.3) is 0 Å². The van der Waals surface area contributed by atoms with Crippen molar-refractivity contribution in [1.29, 1.82) is 0 Å². The molecule has 1 aromatic rings. The number of carbonyl (C=O) groups excluding carboxylic acids is 3. The van der Waals surface area contributed by atoms with Crippen molar-refractivity contribution in [1.82, 2.24) is 10.6 Å². The standard InChI is InChI=1S/C15H18N2O5/c1-2-16-15(20)17-10-11-21-13(18)8-9-14(19)22-12-6-4-3-5-7-12/h3-9H,2,10-11H2,1H3,(H2,16,17,20)/b9-8+. The Bertz CT molecular complexity index is 528. The van der Waals surface area contributed by atoms with Crippen LogP contribution in [0.2, 0.25) is 0 Å². The maximum atomic E-state index is 11.4. The van der Waals surface area contributed by atoms with Crippen LogP contribution in [-0.2, 0) is 14.3 Å². The second-order valence-corrected chi connectivity index (χ2v) is 4.02. The first kappa shape index (κ1) is 17.2. The van der Waals surface area contributed by atoms with Crippen molar-refractivity contribution in [2.75, 3.05) is 19.7 Å². The van der Waals surface area contributed by atoms with Gasteiger partial charge in [-0.2, -0.15) is 0 Å². The molecule has 7 heteroatoms. The minimum absolute atomic E-state index is 0.00798. The largest absolute Gasteiger partial charge is 0.461 e. The molecular weight excluding hydrogens is 288 g/mol. The lowest BCUT2D eigenvalue weighted by Gasteiger charge is -2.05. The summed E-state index contributed by atoms with van der Waals surface area (Å²) in [6.45, 7) is 2.49. The summed E-state index contributed by atoms with van der Waals surface area (Å²) in [6.07, 6.45) is 1.95. The van der Waals surface area contributed by atoms with Crippen molar-refractivity contribution in [3.8, 4) is 5.75 Å². The van der Waals surface area contributed by atoms with Crippen LogP contribution in [0.4, 0.5) is 4.79 Å². The predicted molar refractivity (Wildman–Crippen MR) is 79.3 cm³/mol. The lowest BCUT2D eigenvalue weighted by atomic mass is 10.3. The number of para-hydroxylation sites is 1. The van der Waals surface area contributed by atoms with E-state index in [2.05, 4.69) is 10.6 Å². The first-order valence-electron chi connectivity index (χ1n) is 6.75. The number of rotatable bonds is 7. The number of urea groups is 1. The van der Waals surface area contributed by atoms with Crippen molar-refractivity contribution < 1.29 is 23.9 Å². The van der Waals surface area contributed by atoms with Gasteiger partial charge in [-0.25, -0.2) is 14.4 Å². The van der Waals surface area contributed by atoms with Gasteiger partial charge in [0.1, 0.15) is 12.4 Å². The summed E-state index contributed by atoms with van der Waals surface area (Å²) in [4.78, 5) is 33.8. The van der Waals surface area contributed by atoms with Crippen LogP contribution >= 0.6 is 0 Å². The second-order valence-electron chi connectivity index (χ2n) is 4.02. The van der Waals surface area contributed by atoms with Gasteiger partial charge in [0, 0.05) is 18.7 Å². The zero-order chi connectivity index (χ0) is 16.2. The van der Waals surface area contributed by atoms with Crippen LogP contribution in [-0.4, -0.2) is 37.7 Å². The zero-order valence-electron chi connectivity index (χ0n) is 12.2. The van der Waals surface area contributed by atoms with Crippen molar-refractivity contribution in [3.05, 3.63) is 42.5 Å². The Morgan fingerprint density at radius 1 is 1.05 bits per heavy atom. The number of nitrogens with one attached hydrogen (secondary N) is 2. The first-order chi connectivity index (χ1) is 10.6. The fraction of sp³-hybridized carbons (Fsp3) is 0.267. The van der Waals surface area contributed by atoms with Gasteiger partial charge in [-0.1, -0.05) is 18.2 Å². The quantitative estimate of drug-likeness (QED) is 0.339. The molecule has 0 saturated carbocycles. The molecule has 2 amide bonds. The SMILES string of the molecule is CCNC(=O)NCCOC(=O)/C=C/C(=O)Oc1ccccc1. The third kappa shape index (κ3) is 7.68. The molecule has 0 spiro atoms. The lowest BCUT2D eigenvalue weighted by molar-refractivity contribution is -0.138.